The molecule has 0 aliphatic rings. The summed E-state index contributed by atoms with van der Waals surface area (Å²) in [5, 5.41) is 13.8. The van der Waals surface area contributed by atoms with Crippen LogP contribution in [0.25, 0.3) is 0 Å². The molecule has 4 aromatic rings. The molecule has 1 heterocycles. The van der Waals surface area contributed by atoms with E-state index in [1.54, 1.807) is 18.2 Å². The van der Waals surface area contributed by atoms with Crippen LogP contribution < -0.4 is 10.1 Å². The number of carbonyl (C=O) groups is 2. The van der Waals surface area contributed by atoms with Crippen LogP contribution >= 0.6 is 23.2 Å². The summed E-state index contributed by atoms with van der Waals surface area (Å²) in [5.41, 5.74) is 2.71. The number of rotatable bonds is 12. The zero-order chi connectivity index (χ0) is 27.6. The van der Waals surface area contributed by atoms with E-state index in [0.717, 1.165) is 16.7 Å². The fourth-order valence-corrected chi connectivity index (χ4v) is 4.12. The summed E-state index contributed by atoms with van der Waals surface area (Å²) < 4.78 is 11.6. The van der Waals surface area contributed by atoms with Crippen molar-refractivity contribution in [1.82, 2.24) is 10.3 Å². The second kappa shape index (κ2) is 13.9. The smallest absolute Gasteiger partial charge is 0.253 e. The molecule has 9 heteroatoms. The van der Waals surface area contributed by atoms with Gasteiger partial charge in [0.2, 0.25) is 5.78 Å². The number of aliphatic hydroxyl groups is 1. The van der Waals surface area contributed by atoms with E-state index in [-0.39, 0.29) is 48.9 Å². The van der Waals surface area contributed by atoms with Gasteiger partial charge in [-0.1, -0.05) is 89.9 Å². The molecule has 0 spiro atoms. The van der Waals surface area contributed by atoms with Gasteiger partial charge in [-0.05, 0) is 28.8 Å². The van der Waals surface area contributed by atoms with E-state index in [2.05, 4.69) is 10.3 Å². The van der Waals surface area contributed by atoms with Gasteiger partial charge in [-0.15, -0.1) is 0 Å². The molecule has 7 nitrogen and oxygen atoms in total. The van der Waals surface area contributed by atoms with Gasteiger partial charge in [0.15, 0.2) is 11.4 Å². The van der Waals surface area contributed by atoms with Crippen molar-refractivity contribution in [2.45, 2.75) is 26.4 Å². The Kier molecular flexibility index (Phi) is 10.1. The van der Waals surface area contributed by atoms with Crippen molar-refractivity contribution in [1.29, 1.82) is 0 Å². The van der Waals surface area contributed by atoms with Crippen molar-refractivity contribution in [3.63, 3.8) is 0 Å². The first kappa shape index (κ1) is 28.3. The lowest BCUT2D eigenvalue weighted by Crippen LogP contribution is -2.25. The lowest BCUT2D eigenvalue weighted by molar-refractivity contribution is 0.0716. The molecule has 1 aromatic heterocycles. The third-order valence-corrected chi connectivity index (χ3v) is 6.55. The highest BCUT2D eigenvalue weighted by Gasteiger charge is 2.24. The molecule has 0 aliphatic carbocycles. The predicted molar refractivity (Wildman–Crippen MR) is 149 cm³/mol. The maximum atomic E-state index is 13.1. The first-order chi connectivity index (χ1) is 19.0. The number of nitrogens with zero attached hydrogens (tertiary/aromatic N) is 1. The average Bonchev–Trinajstić information content (AvgIpc) is 2.97. The highest BCUT2D eigenvalue weighted by molar-refractivity contribution is 6.42. The minimum absolute atomic E-state index is 0.0240. The fourth-order valence-electron chi connectivity index (χ4n) is 3.80. The van der Waals surface area contributed by atoms with Gasteiger partial charge in [0.25, 0.3) is 5.91 Å². The van der Waals surface area contributed by atoms with Crippen LogP contribution in [0, 0.1) is 0 Å². The lowest BCUT2D eigenvalue weighted by atomic mass is 10.1. The number of ketones is 1. The van der Waals surface area contributed by atoms with Crippen LogP contribution in [-0.2, 0) is 31.1 Å². The first-order valence-corrected chi connectivity index (χ1v) is 12.9. The van der Waals surface area contributed by atoms with Gasteiger partial charge in [0, 0.05) is 18.3 Å². The number of aliphatic hydroxyl groups excluding tert-OH is 1. The zero-order valence-electron chi connectivity index (χ0n) is 20.9. The molecule has 0 bridgehead atoms. The molecule has 0 saturated heterocycles. The van der Waals surface area contributed by atoms with Gasteiger partial charge in [-0.25, -0.2) is 4.98 Å². The summed E-state index contributed by atoms with van der Waals surface area (Å²) >= 11 is 12.0. The lowest BCUT2D eigenvalue weighted by Gasteiger charge is -2.17. The Morgan fingerprint density at radius 2 is 1.51 bits per heavy atom. The summed E-state index contributed by atoms with van der Waals surface area (Å²) in [7, 11) is 0. The second-order valence-corrected chi connectivity index (χ2v) is 9.41. The molecule has 0 atom stereocenters. The van der Waals surface area contributed by atoms with Crippen molar-refractivity contribution in [2.75, 3.05) is 6.61 Å². The molecule has 4 rings (SSSR count). The number of hydrogen-bond acceptors (Lipinski definition) is 6. The molecule has 2 N–H and O–H groups in total. The Balaban J connectivity index is 1.56. The molecule has 39 heavy (non-hydrogen) atoms. The third-order valence-electron chi connectivity index (χ3n) is 5.81. The zero-order valence-corrected chi connectivity index (χ0v) is 22.4. The van der Waals surface area contributed by atoms with Crippen molar-refractivity contribution < 1.29 is 24.2 Å². The number of amides is 1. The van der Waals surface area contributed by atoms with Crippen molar-refractivity contribution in [3.8, 4) is 5.75 Å². The fraction of sp³-hybridized carbons (Fsp3) is 0.167. The predicted octanol–water partition coefficient (Wildman–Crippen LogP) is 5.79. The number of carbonyl (C=O) groups excluding carboxylic acids is 2. The molecule has 0 radical (unpaired) electrons. The molecule has 0 fully saturated rings. The van der Waals surface area contributed by atoms with Crippen LogP contribution in [0.1, 0.15) is 43.1 Å². The van der Waals surface area contributed by atoms with Crippen LogP contribution in [0.15, 0.2) is 85.1 Å². The third kappa shape index (κ3) is 7.65. The van der Waals surface area contributed by atoms with E-state index in [1.807, 2.05) is 60.7 Å². The standard InChI is InChI=1S/C30H26Cl2N2O5/c31-25-12-11-22(13-26(25)32)14-34-30(37)23-15-33-28(27(36)19-38-17-20-7-3-1-4-8-20)29(24(23)16-35)39-18-21-9-5-2-6-10-21/h1-13,15,35H,14,16-19H2,(H,34,37). The Morgan fingerprint density at radius 1 is 0.846 bits per heavy atom. The van der Waals surface area contributed by atoms with Gasteiger partial charge in [-0.2, -0.15) is 0 Å². The summed E-state index contributed by atoms with van der Waals surface area (Å²) in [6.07, 6.45) is 1.26. The topological polar surface area (TPSA) is 97.8 Å². The normalized spacial score (nSPS) is 10.7. The van der Waals surface area contributed by atoms with E-state index >= 15 is 0 Å². The largest absolute Gasteiger partial charge is 0.486 e. The second-order valence-electron chi connectivity index (χ2n) is 8.59. The van der Waals surface area contributed by atoms with E-state index in [1.165, 1.54) is 6.20 Å². The number of hydrogen-bond donors (Lipinski definition) is 2. The number of benzene rings is 3. The van der Waals surface area contributed by atoms with E-state index < -0.39 is 18.3 Å². The molecule has 3 aromatic carbocycles. The number of nitrogens with one attached hydrogen (secondary N) is 1. The molecule has 1 amide bonds. The number of ether oxygens (including phenoxy) is 2. The number of Topliss-reactive ketones (excluding diaryl/α,β-unsaturated/α-hetero) is 1. The highest BCUT2D eigenvalue weighted by Crippen LogP contribution is 2.28. The Bertz CT molecular complexity index is 1430. The summed E-state index contributed by atoms with van der Waals surface area (Å²) in [6, 6.07) is 23.8. The van der Waals surface area contributed by atoms with Crippen molar-refractivity contribution >= 4 is 34.9 Å². The maximum absolute atomic E-state index is 13.1. The minimum atomic E-state index is -0.548. The van der Waals surface area contributed by atoms with Gasteiger partial charge < -0.3 is 19.9 Å². The molecule has 0 unspecified atom stereocenters. The van der Waals surface area contributed by atoms with E-state index in [0.29, 0.717) is 10.0 Å². The number of aromatic nitrogens is 1. The summed E-state index contributed by atoms with van der Waals surface area (Å²) in [6.45, 7) is -0.288. The van der Waals surface area contributed by atoms with Gasteiger partial charge in [-0.3, -0.25) is 9.59 Å². The monoisotopic (exact) mass is 564 g/mol. The van der Waals surface area contributed by atoms with Crippen LogP contribution in [0.5, 0.6) is 5.75 Å². The van der Waals surface area contributed by atoms with Crippen LogP contribution in [0.3, 0.4) is 0 Å². The van der Waals surface area contributed by atoms with Gasteiger partial charge in [0.05, 0.1) is 28.8 Å². The minimum Gasteiger partial charge on any atom is -0.486 e. The molecule has 0 saturated carbocycles. The molecular weight excluding hydrogens is 539 g/mol. The molecular formula is C30H26Cl2N2O5. The number of pyridine rings is 1. The Morgan fingerprint density at radius 3 is 2.15 bits per heavy atom. The van der Waals surface area contributed by atoms with Crippen molar-refractivity contribution in [2.24, 2.45) is 0 Å². The van der Waals surface area contributed by atoms with E-state index in [4.69, 9.17) is 32.7 Å². The quantitative estimate of drug-likeness (QED) is 0.211. The summed E-state index contributed by atoms with van der Waals surface area (Å²) in [5.74, 6) is -0.898. The average molecular weight is 565 g/mol. The van der Waals surface area contributed by atoms with Gasteiger partial charge >= 0.3 is 0 Å². The summed E-state index contributed by atoms with van der Waals surface area (Å²) in [4.78, 5) is 30.5. The first-order valence-electron chi connectivity index (χ1n) is 12.1. The van der Waals surface area contributed by atoms with Crippen LogP contribution in [-0.4, -0.2) is 28.4 Å². The van der Waals surface area contributed by atoms with Crippen molar-refractivity contribution in [3.05, 3.63) is 129 Å². The Labute approximate surface area is 236 Å². The van der Waals surface area contributed by atoms with Crippen LogP contribution in [0.2, 0.25) is 10.0 Å². The van der Waals surface area contributed by atoms with Gasteiger partial charge in [0.1, 0.15) is 13.2 Å². The molecule has 0 aliphatic heterocycles. The van der Waals surface area contributed by atoms with E-state index in [9.17, 15) is 14.7 Å². The highest BCUT2D eigenvalue weighted by atomic mass is 35.5. The maximum Gasteiger partial charge on any atom is 0.253 e. The Hall–Kier alpha value is -3.75. The SMILES string of the molecule is O=C(NCc1ccc(Cl)c(Cl)c1)c1cnc(C(=O)COCc2ccccc2)c(OCc2ccccc2)c1CO. The molecule has 200 valence electrons. The number of halogens is 2. The van der Waals surface area contributed by atoms with Crippen LogP contribution in [0.4, 0.5) is 0 Å².